The van der Waals surface area contributed by atoms with Crippen LogP contribution in [0.4, 0.5) is 0 Å². The molecule has 0 unspecified atom stereocenters. The number of nitrogens with one attached hydrogen (secondary N) is 1. The molecule has 92 valence electrons. The Kier molecular flexibility index (Phi) is 3.69. The second kappa shape index (κ2) is 5.04. The third-order valence-electron chi connectivity index (χ3n) is 3.94. The Balaban J connectivity index is 1.80. The average molecular weight is 225 g/mol. The summed E-state index contributed by atoms with van der Waals surface area (Å²) in [6, 6.07) is 0.561. The molecule has 4 heteroatoms. The van der Waals surface area contributed by atoms with Gasteiger partial charge in [-0.2, -0.15) is 0 Å². The molecule has 2 aliphatic carbocycles. The maximum atomic E-state index is 5.86. The number of ether oxygens (including phenoxy) is 1. The van der Waals surface area contributed by atoms with E-state index in [0.717, 1.165) is 12.8 Å². The lowest BCUT2D eigenvalue weighted by Gasteiger charge is -2.28. The van der Waals surface area contributed by atoms with Crippen LogP contribution < -0.4 is 11.1 Å². The summed E-state index contributed by atoms with van der Waals surface area (Å²) < 4.78 is 5.60. The van der Waals surface area contributed by atoms with E-state index in [9.17, 15) is 0 Å². The summed E-state index contributed by atoms with van der Waals surface area (Å²) in [5, 5.41) is 3.25. The number of rotatable bonds is 4. The van der Waals surface area contributed by atoms with Gasteiger partial charge in [0.2, 0.25) is 0 Å². The van der Waals surface area contributed by atoms with Crippen LogP contribution in [0.15, 0.2) is 4.99 Å². The van der Waals surface area contributed by atoms with Gasteiger partial charge in [-0.3, -0.25) is 4.99 Å². The Morgan fingerprint density at radius 3 is 2.56 bits per heavy atom. The molecular formula is C12H23N3O. The lowest BCUT2D eigenvalue weighted by atomic mass is 9.93. The van der Waals surface area contributed by atoms with E-state index in [2.05, 4.69) is 10.3 Å². The molecule has 0 bridgehead atoms. The summed E-state index contributed by atoms with van der Waals surface area (Å²) in [5.74, 6) is 0.591. The monoisotopic (exact) mass is 225 g/mol. The van der Waals surface area contributed by atoms with Crippen LogP contribution in [-0.2, 0) is 4.74 Å². The Labute approximate surface area is 97.6 Å². The molecule has 0 aromatic heterocycles. The van der Waals surface area contributed by atoms with Crippen molar-refractivity contribution in [1.29, 1.82) is 0 Å². The lowest BCUT2D eigenvalue weighted by molar-refractivity contribution is 0.00421. The van der Waals surface area contributed by atoms with E-state index in [1.165, 1.54) is 32.1 Å². The number of hydrogen-bond donors (Lipinski definition) is 2. The van der Waals surface area contributed by atoms with Crippen LogP contribution in [0.25, 0.3) is 0 Å². The zero-order valence-electron chi connectivity index (χ0n) is 10.2. The van der Waals surface area contributed by atoms with Gasteiger partial charge in [0.1, 0.15) is 0 Å². The Morgan fingerprint density at radius 1 is 1.38 bits per heavy atom. The lowest BCUT2D eigenvalue weighted by Crippen LogP contribution is -2.44. The van der Waals surface area contributed by atoms with Crippen LogP contribution >= 0.6 is 0 Å². The molecule has 0 spiro atoms. The maximum absolute atomic E-state index is 5.86. The largest absolute Gasteiger partial charge is 0.376 e. The number of aliphatic imine (C=N–C) groups is 1. The van der Waals surface area contributed by atoms with Crippen molar-refractivity contribution in [1.82, 2.24) is 5.32 Å². The fourth-order valence-corrected chi connectivity index (χ4v) is 2.48. The van der Waals surface area contributed by atoms with Crippen molar-refractivity contribution in [2.45, 2.75) is 56.6 Å². The van der Waals surface area contributed by atoms with E-state index >= 15 is 0 Å². The number of hydrogen-bond acceptors (Lipinski definition) is 2. The first kappa shape index (κ1) is 11.7. The molecule has 0 aliphatic heterocycles. The average Bonchev–Trinajstić information content (AvgIpc) is 2.70. The summed E-state index contributed by atoms with van der Waals surface area (Å²) in [5.41, 5.74) is 5.82. The molecule has 2 aliphatic rings. The summed E-state index contributed by atoms with van der Waals surface area (Å²) in [7, 11) is 1.79. The summed E-state index contributed by atoms with van der Waals surface area (Å²) in [6.45, 7) is 0.703. The topological polar surface area (TPSA) is 59.6 Å². The van der Waals surface area contributed by atoms with Crippen LogP contribution in [0.3, 0.4) is 0 Å². The van der Waals surface area contributed by atoms with Gasteiger partial charge in [0.05, 0.1) is 12.1 Å². The molecule has 2 saturated carbocycles. The van der Waals surface area contributed by atoms with Crippen molar-refractivity contribution in [3.8, 4) is 0 Å². The van der Waals surface area contributed by atoms with Gasteiger partial charge in [0, 0.05) is 13.2 Å². The second-order valence-electron chi connectivity index (χ2n) is 5.07. The van der Waals surface area contributed by atoms with Crippen LogP contribution in [0.5, 0.6) is 0 Å². The van der Waals surface area contributed by atoms with Crippen LogP contribution in [0.2, 0.25) is 0 Å². The molecule has 0 saturated heterocycles. The molecule has 0 aromatic carbocycles. The van der Waals surface area contributed by atoms with Gasteiger partial charge in [-0.1, -0.05) is 12.8 Å². The van der Waals surface area contributed by atoms with Crippen molar-refractivity contribution in [3.63, 3.8) is 0 Å². The van der Waals surface area contributed by atoms with Crippen molar-refractivity contribution in [3.05, 3.63) is 0 Å². The van der Waals surface area contributed by atoms with Gasteiger partial charge in [-0.25, -0.2) is 0 Å². The SMILES string of the molecule is COC1(CN=C(N)NC2CCC2)CCCC1. The highest BCUT2D eigenvalue weighted by Gasteiger charge is 2.33. The predicted octanol–water partition coefficient (Wildman–Crippen LogP) is 1.40. The normalized spacial score (nSPS) is 25.4. The first-order chi connectivity index (χ1) is 7.74. The fraction of sp³-hybridized carbons (Fsp3) is 0.917. The molecule has 0 amide bonds. The van der Waals surface area contributed by atoms with Crippen LogP contribution in [-0.4, -0.2) is 31.3 Å². The van der Waals surface area contributed by atoms with Gasteiger partial charge in [0.25, 0.3) is 0 Å². The van der Waals surface area contributed by atoms with E-state index in [1.54, 1.807) is 7.11 Å². The predicted molar refractivity (Wildman–Crippen MR) is 65.5 cm³/mol. The summed E-state index contributed by atoms with van der Waals surface area (Å²) >= 11 is 0. The molecule has 0 heterocycles. The smallest absolute Gasteiger partial charge is 0.188 e. The van der Waals surface area contributed by atoms with Gasteiger partial charge in [0.15, 0.2) is 5.96 Å². The van der Waals surface area contributed by atoms with E-state index in [4.69, 9.17) is 10.5 Å². The first-order valence-corrected chi connectivity index (χ1v) is 6.36. The minimum atomic E-state index is -0.0358. The van der Waals surface area contributed by atoms with Gasteiger partial charge < -0.3 is 15.8 Å². The number of nitrogens with two attached hydrogens (primary N) is 1. The Bertz CT molecular complexity index is 255. The minimum Gasteiger partial charge on any atom is -0.376 e. The molecule has 2 rings (SSSR count). The van der Waals surface area contributed by atoms with E-state index in [0.29, 0.717) is 18.5 Å². The highest BCUT2D eigenvalue weighted by atomic mass is 16.5. The minimum absolute atomic E-state index is 0.0358. The van der Waals surface area contributed by atoms with E-state index < -0.39 is 0 Å². The molecular weight excluding hydrogens is 202 g/mol. The third-order valence-corrected chi connectivity index (χ3v) is 3.94. The van der Waals surface area contributed by atoms with Gasteiger partial charge in [-0.15, -0.1) is 0 Å². The fourth-order valence-electron chi connectivity index (χ4n) is 2.48. The highest BCUT2D eigenvalue weighted by Crippen LogP contribution is 2.32. The zero-order chi connectivity index (χ0) is 11.4. The standard InChI is InChI=1S/C12H23N3O/c1-16-12(7-2-3-8-12)9-14-11(13)15-10-5-4-6-10/h10H,2-9H2,1H3,(H3,13,14,15). The molecule has 0 radical (unpaired) electrons. The Morgan fingerprint density at radius 2 is 2.06 bits per heavy atom. The quantitative estimate of drug-likeness (QED) is 0.561. The summed E-state index contributed by atoms with van der Waals surface area (Å²) in [4.78, 5) is 4.43. The molecule has 0 aromatic rings. The zero-order valence-corrected chi connectivity index (χ0v) is 10.2. The van der Waals surface area contributed by atoms with Gasteiger partial charge in [-0.05, 0) is 32.1 Å². The first-order valence-electron chi connectivity index (χ1n) is 6.36. The number of guanidine groups is 1. The number of nitrogens with zero attached hydrogens (tertiary/aromatic N) is 1. The van der Waals surface area contributed by atoms with Gasteiger partial charge >= 0.3 is 0 Å². The second-order valence-corrected chi connectivity index (χ2v) is 5.07. The van der Waals surface area contributed by atoms with Crippen molar-refractivity contribution < 1.29 is 4.74 Å². The van der Waals surface area contributed by atoms with Crippen molar-refractivity contribution in [2.75, 3.05) is 13.7 Å². The third kappa shape index (κ3) is 2.67. The maximum Gasteiger partial charge on any atom is 0.188 e. The van der Waals surface area contributed by atoms with E-state index in [-0.39, 0.29) is 5.60 Å². The van der Waals surface area contributed by atoms with Crippen LogP contribution in [0, 0.1) is 0 Å². The van der Waals surface area contributed by atoms with Crippen molar-refractivity contribution in [2.24, 2.45) is 10.7 Å². The number of methoxy groups -OCH3 is 1. The molecule has 16 heavy (non-hydrogen) atoms. The highest BCUT2D eigenvalue weighted by molar-refractivity contribution is 5.78. The molecule has 4 nitrogen and oxygen atoms in total. The molecule has 3 N–H and O–H groups in total. The van der Waals surface area contributed by atoms with Crippen LogP contribution in [0.1, 0.15) is 44.9 Å². The van der Waals surface area contributed by atoms with E-state index in [1.807, 2.05) is 0 Å². The summed E-state index contributed by atoms with van der Waals surface area (Å²) in [6.07, 6.45) is 8.50. The van der Waals surface area contributed by atoms with Crippen molar-refractivity contribution >= 4 is 5.96 Å². The molecule has 0 atom stereocenters. The Hall–Kier alpha value is -0.770. The molecule has 2 fully saturated rings.